The Morgan fingerprint density at radius 1 is 1.39 bits per heavy atom. The zero-order chi connectivity index (χ0) is 12.8. The largest absolute Gasteiger partial charge is 0.454 e. The van der Waals surface area contributed by atoms with Gasteiger partial charge in [0.05, 0.1) is 5.92 Å². The third kappa shape index (κ3) is 2.22. The fourth-order valence-corrected chi connectivity index (χ4v) is 2.37. The van der Waals surface area contributed by atoms with Gasteiger partial charge in [-0.3, -0.25) is 4.79 Å². The Kier molecular flexibility index (Phi) is 2.79. The quantitative estimate of drug-likeness (QED) is 0.868. The van der Waals surface area contributed by atoms with Crippen LogP contribution in [0.5, 0.6) is 11.5 Å². The lowest BCUT2D eigenvalue weighted by atomic mass is 10.2. The van der Waals surface area contributed by atoms with Gasteiger partial charge in [0.15, 0.2) is 11.5 Å². The molecule has 0 radical (unpaired) electrons. The van der Waals surface area contributed by atoms with E-state index in [0.717, 1.165) is 11.3 Å². The Labute approximate surface area is 114 Å². The van der Waals surface area contributed by atoms with Crippen molar-refractivity contribution in [1.82, 2.24) is 5.32 Å². The van der Waals surface area contributed by atoms with Gasteiger partial charge in [0, 0.05) is 6.54 Å². The molecule has 1 aromatic carbocycles. The molecule has 18 heavy (non-hydrogen) atoms. The standard InChI is InChI=1S/C12H11Cl2NO3/c13-12(14)4-8(12)11(16)15-5-7-1-2-9-10(3-7)18-6-17-9/h1-3,8H,4-6H2,(H,15,16). The Morgan fingerprint density at radius 3 is 2.83 bits per heavy atom. The molecule has 1 atom stereocenters. The van der Waals surface area contributed by atoms with E-state index in [1.807, 2.05) is 18.2 Å². The van der Waals surface area contributed by atoms with Gasteiger partial charge in [0.25, 0.3) is 0 Å². The smallest absolute Gasteiger partial charge is 0.231 e. The number of nitrogens with one attached hydrogen (secondary N) is 1. The van der Waals surface area contributed by atoms with Crippen LogP contribution in [-0.2, 0) is 11.3 Å². The van der Waals surface area contributed by atoms with Crippen LogP contribution in [0.3, 0.4) is 0 Å². The van der Waals surface area contributed by atoms with Gasteiger partial charge in [-0.2, -0.15) is 0 Å². The van der Waals surface area contributed by atoms with Crippen LogP contribution in [0.15, 0.2) is 18.2 Å². The number of carbonyl (C=O) groups excluding carboxylic acids is 1. The Balaban J connectivity index is 1.59. The Bertz CT molecular complexity index is 504. The predicted octanol–water partition coefficient (Wildman–Crippen LogP) is 2.23. The van der Waals surface area contributed by atoms with Crippen LogP contribution >= 0.6 is 23.2 Å². The number of hydrogen-bond acceptors (Lipinski definition) is 3. The fourth-order valence-electron chi connectivity index (χ4n) is 1.86. The van der Waals surface area contributed by atoms with E-state index in [-0.39, 0.29) is 18.6 Å². The molecule has 2 aliphatic rings. The van der Waals surface area contributed by atoms with Gasteiger partial charge in [0.2, 0.25) is 12.7 Å². The number of fused-ring (bicyclic) bond motifs is 1. The van der Waals surface area contributed by atoms with Crippen LogP contribution in [0.4, 0.5) is 0 Å². The Hall–Kier alpha value is -1.13. The second-order valence-corrected chi connectivity index (χ2v) is 5.97. The van der Waals surface area contributed by atoms with Crippen molar-refractivity contribution in [3.05, 3.63) is 23.8 Å². The Morgan fingerprint density at radius 2 is 2.11 bits per heavy atom. The molecule has 1 aliphatic carbocycles. The molecule has 0 aromatic heterocycles. The maximum Gasteiger partial charge on any atom is 0.231 e. The van der Waals surface area contributed by atoms with E-state index >= 15 is 0 Å². The molecule has 1 aliphatic heterocycles. The van der Waals surface area contributed by atoms with E-state index in [1.54, 1.807) is 0 Å². The van der Waals surface area contributed by atoms with E-state index in [0.29, 0.717) is 18.7 Å². The van der Waals surface area contributed by atoms with E-state index in [2.05, 4.69) is 5.32 Å². The van der Waals surface area contributed by atoms with Gasteiger partial charge in [-0.1, -0.05) is 6.07 Å². The minimum Gasteiger partial charge on any atom is -0.454 e. The van der Waals surface area contributed by atoms with Crippen LogP contribution in [0.2, 0.25) is 0 Å². The molecular formula is C12H11Cl2NO3. The highest BCUT2D eigenvalue weighted by Crippen LogP contribution is 2.53. The normalized spacial score (nSPS) is 22.7. The first-order chi connectivity index (χ1) is 8.56. The van der Waals surface area contributed by atoms with E-state index in [4.69, 9.17) is 32.7 Å². The molecule has 1 aromatic rings. The number of rotatable bonds is 3. The number of carbonyl (C=O) groups is 1. The highest BCUT2D eigenvalue weighted by Gasteiger charge is 2.56. The van der Waals surface area contributed by atoms with E-state index in [1.165, 1.54) is 0 Å². The molecule has 0 spiro atoms. The first-order valence-corrected chi connectivity index (χ1v) is 6.36. The topological polar surface area (TPSA) is 47.6 Å². The van der Waals surface area contributed by atoms with Crippen LogP contribution < -0.4 is 14.8 Å². The van der Waals surface area contributed by atoms with Crippen LogP contribution in [0.25, 0.3) is 0 Å². The maximum atomic E-state index is 11.7. The van der Waals surface area contributed by atoms with Crippen molar-refractivity contribution >= 4 is 29.1 Å². The average Bonchev–Trinajstić information content (AvgIpc) is 2.77. The summed E-state index contributed by atoms with van der Waals surface area (Å²) in [6.07, 6.45) is 0.517. The zero-order valence-electron chi connectivity index (χ0n) is 9.41. The number of ether oxygens (including phenoxy) is 2. The lowest BCUT2D eigenvalue weighted by Gasteiger charge is -2.06. The summed E-state index contributed by atoms with van der Waals surface area (Å²) in [7, 11) is 0. The van der Waals surface area contributed by atoms with Crippen molar-refractivity contribution in [2.45, 2.75) is 17.3 Å². The van der Waals surface area contributed by atoms with Crippen LogP contribution in [0, 0.1) is 5.92 Å². The van der Waals surface area contributed by atoms with Crippen molar-refractivity contribution in [3.8, 4) is 11.5 Å². The first kappa shape index (κ1) is 11.9. The molecule has 0 saturated heterocycles. The van der Waals surface area contributed by atoms with Gasteiger partial charge >= 0.3 is 0 Å². The molecule has 0 bridgehead atoms. The number of benzene rings is 1. The minimum absolute atomic E-state index is 0.113. The molecule has 1 unspecified atom stereocenters. The molecule has 1 N–H and O–H groups in total. The molecular weight excluding hydrogens is 277 g/mol. The van der Waals surface area contributed by atoms with Crippen LogP contribution in [0.1, 0.15) is 12.0 Å². The van der Waals surface area contributed by atoms with Crippen molar-refractivity contribution in [2.75, 3.05) is 6.79 Å². The van der Waals surface area contributed by atoms with Crippen molar-refractivity contribution in [1.29, 1.82) is 0 Å². The third-order valence-electron chi connectivity index (χ3n) is 3.05. The predicted molar refractivity (Wildman–Crippen MR) is 67.0 cm³/mol. The van der Waals surface area contributed by atoms with E-state index < -0.39 is 4.33 Å². The first-order valence-electron chi connectivity index (χ1n) is 5.60. The van der Waals surface area contributed by atoms with E-state index in [9.17, 15) is 4.79 Å². The highest BCUT2D eigenvalue weighted by atomic mass is 35.5. The summed E-state index contributed by atoms with van der Waals surface area (Å²) in [5.41, 5.74) is 0.947. The molecule has 96 valence electrons. The summed E-state index contributed by atoms with van der Waals surface area (Å²) in [5.74, 6) is 1.03. The van der Waals surface area contributed by atoms with Crippen LogP contribution in [-0.4, -0.2) is 17.0 Å². The number of hydrogen-bond donors (Lipinski definition) is 1. The van der Waals surface area contributed by atoms with Crippen molar-refractivity contribution in [2.24, 2.45) is 5.92 Å². The molecule has 6 heteroatoms. The SMILES string of the molecule is O=C(NCc1ccc2c(c1)OCO2)C1CC1(Cl)Cl. The summed E-state index contributed by atoms with van der Waals surface area (Å²) >= 11 is 11.7. The van der Waals surface area contributed by atoms with Crippen molar-refractivity contribution in [3.63, 3.8) is 0 Å². The minimum atomic E-state index is -0.876. The van der Waals surface area contributed by atoms with Gasteiger partial charge in [-0.25, -0.2) is 0 Å². The lowest BCUT2D eigenvalue weighted by molar-refractivity contribution is -0.122. The zero-order valence-corrected chi connectivity index (χ0v) is 10.9. The summed E-state index contributed by atoms with van der Waals surface area (Å²) in [6.45, 7) is 0.671. The third-order valence-corrected chi connectivity index (χ3v) is 3.88. The highest BCUT2D eigenvalue weighted by molar-refractivity contribution is 6.52. The monoisotopic (exact) mass is 287 g/mol. The lowest BCUT2D eigenvalue weighted by Crippen LogP contribution is -2.26. The molecule has 1 heterocycles. The van der Waals surface area contributed by atoms with Gasteiger partial charge in [-0.05, 0) is 24.1 Å². The fraction of sp³-hybridized carbons (Fsp3) is 0.417. The molecule has 4 nitrogen and oxygen atoms in total. The van der Waals surface area contributed by atoms with Gasteiger partial charge in [-0.15, -0.1) is 23.2 Å². The molecule has 1 amide bonds. The molecule has 3 rings (SSSR count). The average molecular weight is 288 g/mol. The summed E-state index contributed by atoms with van der Waals surface area (Å²) in [5, 5.41) is 2.80. The molecule has 1 fully saturated rings. The second kappa shape index (κ2) is 4.21. The number of amides is 1. The number of halogens is 2. The van der Waals surface area contributed by atoms with Gasteiger partial charge < -0.3 is 14.8 Å². The second-order valence-electron chi connectivity index (χ2n) is 4.42. The molecule has 1 saturated carbocycles. The summed E-state index contributed by atoms with van der Waals surface area (Å²) in [6, 6.07) is 5.56. The van der Waals surface area contributed by atoms with Gasteiger partial charge in [0.1, 0.15) is 4.33 Å². The number of alkyl halides is 2. The maximum absolute atomic E-state index is 11.7. The summed E-state index contributed by atoms with van der Waals surface area (Å²) < 4.78 is 9.60. The summed E-state index contributed by atoms with van der Waals surface area (Å²) in [4.78, 5) is 11.7. The van der Waals surface area contributed by atoms with Crippen molar-refractivity contribution < 1.29 is 14.3 Å².